The molecule has 0 spiro atoms. The molecule has 1 fully saturated rings. The molecule has 0 N–H and O–H groups in total. The Hall–Kier alpha value is -1.70. The van der Waals surface area contributed by atoms with Crippen LogP contribution in [0.2, 0.25) is 0 Å². The Morgan fingerprint density at radius 3 is 2.76 bits per heavy atom. The molecule has 0 aromatic heterocycles. The highest BCUT2D eigenvalue weighted by molar-refractivity contribution is 7.89. The lowest BCUT2D eigenvalue weighted by atomic mass is 9.95. The number of ether oxygens (including phenoxy) is 2. The first-order chi connectivity index (χ1) is 12.1. The van der Waals surface area contributed by atoms with Gasteiger partial charge in [-0.3, -0.25) is 4.79 Å². The van der Waals surface area contributed by atoms with Crippen LogP contribution >= 0.6 is 0 Å². The molecule has 3 rings (SSSR count). The summed E-state index contributed by atoms with van der Waals surface area (Å²) in [5.74, 6) is -0.309. The highest BCUT2D eigenvalue weighted by Gasteiger charge is 2.26. The Balaban J connectivity index is 1.64. The van der Waals surface area contributed by atoms with E-state index in [1.165, 1.54) is 4.31 Å². The summed E-state index contributed by atoms with van der Waals surface area (Å²) in [6.07, 6.45) is 6.49. The van der Waals surface area contributed by atoms with Crippen molar-refractivity contribution in [1.82, 2.24) is 4.31 Å². The Morgan fingerprint density at radius 1 is 1.24 bits per heavy atom. The summed E-state index contributed by atoms with van der Waals surface area (Å²) in [7, 11) is -3.54. The molecular formula is C18H23NO5S. The molecule has 0 radical (unpaired) electrons. The number of hydrogen-bond acceptors (Lipinski definition) is 5. The van der Waals surface area contributed by atoms with Crippen LogP contribution in [0, 0.1) is 5.92 Å². The normalized spacial score (nSPS) is 21.8. The molecule has 136 valence electrons. The van der Waals surface area contributed by atoms with Crippen molar-refractivity contribution >= 4 is 16.0 Å². The van der Waals surface area contributed by atoms with Crippen molar-refractivity contribution in [2.24, 2.45) is 5.92 Å². The Morgan fingerprint density at radius 2 is 2.04 bits per heavy atom. The number of sulfonamides is 1. The molecule has 1 aliphatic carbocycles. The van der Waals surface area contributed by atoms with Gasteiger partial charge in [-0.25, -0.2) is 8.42 Å². The van der Waals surface area contributed by atoms with Gasteiger partial charge in [0.15, 0.2) is 0 Å². The van der Waals surface area contributed by atoms with Crippen LogP contribution in [0.4, 0.5) is 0 Å². The number of morpholine rings is 1. The van der Waals surface area contributed by atoms with Gasteiger partial charge in [-0.1, -0.05) is 24.3 Å². The van der Waals surface area contributed by atoms with Crippen molar-refractivity contribution in [2.45, 2.75) is 30.8 Å². The van der Waals surface area contributed by atoms with Crippen molar-refractivity contribution < 1.29 is 22.7 Å². The fourth-order valence-electron chi connectivity index (χ4n) is 3.01. The maximum Gasteiger partial charge on any atom is 0.309 e. The molecule has 0 bridgehead atoms. The second-order valence-electron chi connectivity index (χ2n) is 6.25. The van der Waals surface area contributed by atoms with Gasteiger partial charge in [-0.05, 0) is 37.0 Å². The van der Waals surface area contributed by atoms with Crippen LogP contribution < -0.4 is 0 Å². The van der Waals surface area contributed by atoms with E-state index in [0.29, 0.717) is 38.3 Å². The molecular weight excluding hydrogens is 342 g/mol. The molecule has 6 nitrogen and oxygen atoms in total. The predicted octanol–water partition coefficient (Wildman–Crippen LogP) is 2.11. The van der Waals surface area contributed by atoms with Crippen molar-refractivity contribution in [3.05, 3.63) is 42.0 Å². The summed E-state index contributed by atoms with van der Waals surface area (Å²) in [6.45, 7) is 1.62. The molecule has 2 aliphatic rings. The van der Waals surface area contributed by atoms with Crippen LogP contribution in [0.5, 0.6) is 0 Å². The second kappa shape index (κ2) is 8.12. The number of carbonyl (C=O) groups is 1. The minimum atomic E-state index is -3.54. The number of nitrogens with zero attached hydrogens (tertiary/aromatic N) is 1. The second-order valence-corrected chi connectivity index (χ2v) is 8.19. The smallest absolute Gasteiger partial charge is 0.309 e. The van der Waals surface area contributed by atoms with Gasteiger partial charge in [0.25, 0.3) is 0 Å². The first kappa shape index (κ1) is 18.1. The molecule has 0 amide bonds. The highest BCUT2D eigenvalue weighted by Crippen LogP contribution is 2.21. The molecule has 1 aromatic carbocycles. The molecule has 1 aromatic rings. The summed E-state index contributed by atoms with van der Waals surface area (Å²) in [6, 6.07) is 6.60. The van der Waals surface area contributed by atoms with Crippen molar-refractivity contribution in [1.29, 1.82) is 0 Å². The zero-order chi connectivity index (χ0) is 17.7. The van der Waals surface area contributed by atoms with Gasteiger partial charge < -0.3 is 9.47 Å². The van der Waals surface area contributed by atoms with Crippen LogP contribution in [0.3, 0.4) is 0 Å². The number of hydrogen-bond donors (Lipinski definition) is 0. The quantitative estimate of drug-likeness (QED) is 0.590. The van der Waals surface area contributed by atoms with Gasteiger partial charge >= 0.3 is 5.97 Å². The minimum absolute atomic E-state index is 0.0888. The first-order valence-corrected chi connectivity index (χ1v) is 10.00. The monoisotopic (exact) mass is 365 g/mol. The van der Waals surface area contributed by atoms with Gasteiger partial charge in [-0.2, -0.15) is 4.31 Å². The molecule has 1 heterocycles. The van der Waals surface area contributed by atoms with Crippen LogP contribution in [0.1, 0.15) is 24.8 Å². The summed E-state index contributed by atoms with van der Waals surface area (Å²) in [4.78, 5) is 12.3. The number of esters is 1. The number of carbonyl (C=O) groups excluding carboxylic acids is 1. The van der Waals surface area contributed by atoms with Crippen molar-refractivity contribution in [3.63, 3.8) is 0 Å². The Labute approximate surface area is 148 Å². The largest absolute Gasteiger partial charge is 0.461 e. The number of rotatable bonds is 5. The molecule has 1 atom stereocenters. The fourth-order valence-corrected chi connectivity index (χ4v) is 4.49. The zero-order valence-electron chi connectivity index (χ0n) is 14.1. The van der Waals surface area contributed by atoms with Gasteiger partial charge in [0, 0.05) is 13.1 Å². The van der Waals surface area contributed by atoms with Gasteiger partial charge in [0.2, 0.25) is 10.0 Å². The van der Waals surface area contributed by atoms with E-state index >= 15 is 0 Å². The van der Waals surface area contributed by atoms with Crippen molar-refractivity contribution in [2.75, 3.05) is 26.3 Å². The maximum absolute atomic E-state index is 12.7. The third kappa shape index (κ3) is 4.48. The lowest BCUT2D eigenvalue weighted by Gasteiger charge is -2.26. The standard InChI is InChI=1S/C18H23NO5S/c20-18(16-6-2-1-3-7-16)24-14-15-5-4-8-17(13-15)25(21,22)19-9-11-23-12-10-19/h1-2,4-5,8,13,16H,3,6-7,9-12,14H2/t16-/m0/s1. The average Bonchev–Trinajstić information content (AvgIpc) is 2.67. The van der Waals surface area contributed by atoms with Crippen molar-refractivity contribution in [3.8, 4) is 0 Å². The van der Waals surface area contributed by atoms with Gasteiger partial charge in [0.05, 0.1) is 24.0 Å². The SMILES string of the molecule is O=C(OCc1cccc(S(=O)(=O)N2CCOCC2)c1)[C@H]1CC=CCC1. The van der Waals surface area contributed by atoms with Crippen LogP contribution in [-0.4, -0.2) is 45.0 Å². The minimum Gasteiger partial charge on any atom is -0.461 e. The van der Waals surface area contributed by atoms with E-state index in [1.807, 2.05) is 6.08 Å². The van der Waals surface area contributed by atoms with E-state index in [9.17, 15) is 13.2 Å². The topological polar surface area (TPSA) is 72.9 Å². The van der Waals surface area contributed by atoms with Gasteiger partial charge in [0.1, 0.15) is 6.61 Å². The van der Waals surface area contributed by atoms with Crippen LogP contribution in [0.15, 0.2) is 41.3 Å². The summed E-state index contributed by atoms with van der Waals surface area (Å²) < 4.78 is 37.4. The summed E-state index contributed by atoms with van der Waals surface area (Å²) in [5.41, 5.74) is 0.675. The number of allylic oxidation sites excluding steroid dienone is 2. The highest BCUT2D eigenvalue weighted by atomic mass is 32.2. The zero-order valence-corrected chi connectivity index (χ0v) is 14.9. The maximum atomic E-state index is 12.7. The predicted molar refractivity (Wildman–Crippen MR) is 92.3 cm³/mol. The van der Waals surface area contributed by atoms with E-state index in [1.54, 1.807) is 24.3 Å². The number of benzene rings is 1. The van der Waals surface area contributed by atoms with E-state index < -0.39 is 10.0 Å². The van der Waals surface area contributed by atoms with Crippen LogP contribution in [0.25, 0.3) is 0 Å². The van der Waals surface area contributed by atoms with E-state index in [-0.39, 0.29) is 23.4 Å². The first-order valence-electron chi connectivity index (χ1n) is 8.56. The summed E-state index contributed by atoms with van der Waals surface area (Å²) in [5, 5.41) is 0. The van der Waals surface area contributed by atoms with Gasteiger partial charge in [-0.15, -0.1) is 0 Å². The molecule has 1 saturated heterocycles. The van der Waals surface area contributed by atoms with E-state index in [2.05, 4.69) is 6.08 Å². The molecule has 1 aliphatic heterocycles. The molecule has 0 saturated carbocycles. The Bertz CT molecular complexity index is 738. The molecule has 0 unspecified atom stereocenters. The van der Waals surface area contributed by atoms with E-state index in [0.717, 1.165) is 12.8 Å². The third-order valence-corrected chi connectivity index (χ3v) is 6.38. The van der Waals surface area contributed by atoms with E-state index in [4.69, 9.17) is 9.47 Å². The fraction of sp³-hybridized carbons (Fsp3) is 0.500. The summed E-state index contributed by atoms with van der Waals surface area (Å²) >= 11 is 0. The molecule has 25 heavy (non-hydrogen) atoms. The Kier molecular flexibility index (Phi) is 5.88. The van der Waals surface area contributed by atoms with Crippen LogP contribution in [-0.2, 0) is 30.9 Å². The molecule has 7 heteroatoms. The average molecular weight is 365 g/mol. The lowest BCUT2D eigenvalue weighted by Crippen LogP contribution is -2.40. The lowest BCUT2D eigenvalue weighted by molar-refractivity contribution is -0.150. The third-order valence-electron chi connectivity index (χ3n) is 4.49.